The largest absolute Gasteiger partial charge is 0.359 e. The van der Waals surface area contributed by atoms with Crippen molar-refractivity contribution in [1.82, 2.24) is 15.5 Å². The first-order valence-corrected chi connectivity index (χ1v) is 6.90. The van der Waals surface area contributed by atoms with Gasteiger partial charge < -0.3 is 9.84 Å². The van der Waals surface area contributed by atoms with Gasteiger partial charge in [0, 0.05) is 11.3 Å². The number of nitrogens with one attached hydrogen (secondary N) is 1. The molecule has 0 radical (unpaired) electrons. The van der Waals surface area contributed by atoms with Gasteiger partial charge in [0.05, 0.1) is 0 Å². The molecule has 1 saturated heterocycles. The predicted molar refractivity (Wildman–Crippen MR) is 69.1 cm³/mol. The van der Waals surface area contributed by atoms with E-state index in [1.54, 1.807) is 11.8 Å². The van der Waals surface area contributed by atoms with Crippen LogP contribution in [-0.4, -0.2) is 26.6 Å². The van der Waals surface area contributed by atoms with Gasteiger partial charge in [-0.3, -0.25) is 4.99 Å². The Morgan fingerprint density at radius 1 is 1.47 bits per heavy atom. The highest BCUT2D eigenvalue weighted by molar-refractivity contribution is 8.14. The molecule has 2 rings (SSSR count). The molecular weight excluding hydrogens is 236 g/mol. The Bertz CT molecular complexity index is 411. The topological polar surface area (TPSA) is 63.3 Å². The molecule has 5 nitrogen and oxygen atoms in total. The number of aryl methyl sites for hydroxylation is 1. The lowest BCUT2D eigenvalue weighted by atomic mass is 9.96. The summed E-state index contributed by atoms with van der Waals surface area (Å²) in [5.41, 5.74) is 0.217. The predicted octanol–water partition coefficient (Wildman–Crippen LogP) is 2.13. The van der Waals surface area contributed by atoms with E-state index in [0.717, 1.165) is 23.8 Å². The standard InChI is InChI=1S/C11H18N4OS/c1-4-11(5-2)7-17-10(14-11)12-6-9-13-8(3)15-16-9/h4-7H2,1-3H3,(H,12,14). The fourth-order valence-corrected chi connectivity index (χ4v) is 3.10. The van der Waals surface area contributed by atoms with Gasteiger partial charge in [0.1, 0.15) is 6.54 Å². The van der Waals surface area contributed by atoms with Crippen molar-refractivity contribution in [3.05, 3.63) is 11.7 Å². The summed E-state index contributed by atoms with van der Waals surface area (Å²) in [6.07, 6.45) is 2.24. The van der Waals surface area contributed by atoms with E-state index in [0.29, 0.717) is 18.3 Å². The van der Waals surface area contributed by atoms with E-state index in [9.17, 15) is 0 Å². The third-order valence-corrected chi connectivity index (χ3v) is 4.34. The average molecular weight is 254 g/mol. The molecule has 0 unspecified atom stereocenters. The van der Waals surface area contributed by atoms with Crippen molar-refractivity contribution in [2.75, 3.05) is 5.75 Å². The minimum Gasteiger partial charge on any atom is -0.359 e. The van der Waals surface area contributed by atoms with Crippen LogP contribution in [0.2, 0.25) is 0 Å². The highest BCUT2D eigenvalue weighted by atomic mass is 32.2. The lowest BCUT2D eigenvalue weighted by Gasteiger charge is -2.25. The number of aliphatic imine (C=N–C) groups is 1. The summed E-state index contributed by atoms with van der Waals surface area (Å²) in [7, 11) is 0. The number of thioether (sulfide) groups is 1. The zero-order valence-electron chi connectivity index (χ0n) is 10.5. The summed E-state index contributed by atoms with van der Waals surface area (Å²) in [4.78, 5) is 8.60. The molecule has 1 aliphatic rings. The Morgan fingerprint density at radius 2 is 2.24 bits per heavy atom. The average Bonchev–Trinajstić information content (AvgIpc) is 2.93. The molecule has 1 N–H and O–H groups in total. The van der Waals surface area contributed by atoms with Crippen molar-refractivity contribution in [3.63, 3.8) is 0 Å². The molecule has 0 atom stereocenters. The van der Waals surface area contributed by atoms with E-state index in [1.165, 1.54) is 0 Å². The van der Waals surface area contributed by atoms with Crippen molar-refractivity contribution >= 4 is 16.9 Å². The normalized spacial score (nSPS) is 20.8. The van der Waals surface area contributed by atoms with Crippen LogP contribution in [0, 0.1) is 6.92 Å². The Kier molecular flexibility index (Phi) is 3.71. The fourth-order valence-electron chi connectivity index (χ4n) is 1.77. The first-order valence-electron chi connectivity index (χ1n) is 5.92. The summed E-state index contributed by atoms with van der Waals surface area (Å²) in [6, 6.07) is 0. The number of aromatic nitrogens is 2. The monoisotopic (exact) mass is 254 g/mol. The third-order valence-electron chi connectivity index (χ3n) is 3.14. The Labute approximate surface area is 105 Å². The van der Waals surface area contributed by atoms with E-state index in [-0.39, 0.29) is 5.54 Å². The first kappa shape index (κ1) is 12.4. The van der Waals surface area contributed by atoms with E-state index in [1.807, 2.05) is 6.92 Å². The van der Waals surface area contributed by atoms with E-state index in [4.69, 9.17) is 4.52 Å². The number of rotatable bonds is 4. The quantitative estimate of drug-likeness (QED) is 0.891. The van der Waals surface area contributed by atoms with Gasteiger partial charge >= 0.3 is 0 Å². The van der Waals surface area contributed by atoms with Crippen molar-refractivity contribution in [1.29, 1.82) is 0 Å². The summed E-state index contributed by atoms with van der Waals surface area (Å²) >= 11 is 1.77. The van der Waals surface area contributed by atoms with Gasteiger partial charge in [-0.15, -0.1) is 0 Å². The Balaban J connectivity index is 1.96. The Hall–Kier alpha value is -1.04. The third kappa shape index (κ3) is 2.80. The van der Waals surface area contributed by atoms with Gasteiger partial charge in [-0.1, -0.05) is 30.8 Å². The van der Waals surface area contributed by atoms with Crippen LogP contribution >= 0.6 is 11.8 Å². The van der Waals surface area contributed by atoms with Crippen LogP contribution in [0.5, 0.6) is 0 Å². The molecular formula is C11H18N4OS. The van der Waals surface area contributed by atoms with Crippen LogP contribution in [0.15, 0.2) is 9.52 Å². The van der Waals surface area contributed by atoms with Crippen LogP contribution < -0.4 is 5.32 Å². The minimum absolute atomic E-state index is 0.217. The summed E-state index contributed by atoms with van der Waals surface area (Å²) in [5.74, 6) is 2.31. The van der Waals surface area contributed by atoms with Gasteiger partial charge in [0.2, 0.25) is 5.89 Å². The van der Waals surface area contributed by atoms with E-state index in [2.05, 4.69) is 34.3 Å². The molecule has 1 fully saturated rings. The van der Waals surface area contributed by atoms with Gasteiger partial charge in [-0.2, -0.15) is 4.98 Å². The van der Waals surface area contributed by atoms with Crippen molar-refractivity contribution in [2.45, 2.75) is 45.7 Å². The second kappa shape index (κ2) is 5.08. The molecule has 1 aromatic rings. The maximum Gasteiger partial charge on any atom is 0.248 e. The minimum atomic E-state index is 0.217. The molecule has 0 bridgehead atoms. The maximum absolute atomic E-state index is 5.02. The molecule has 94 valence electrons. The number of nitrogens with zero attached hydrogens (tertiary/aromatic N) is 3. The molecule has 0 amide bonds. The molecule has 0 spiro atoms. The molecule has 0 aliphatic carbocycles. The van der Waals surface area contributed by atoms with Crippen molar-refractivity contribution < 1.29 is 4.52 Å². The summed E-state index contributed by atoms with van der Waals surface area (Å²) in [5, 5.41) is 8.23. The van der Waals surface area contributed by atoms with Crippen LogP contribution in [0.25, 0.3) is 0 Å². The SMILES string of the molecule is CCC1(CC)CSC(=NCc2nc(C)no2)N1. The van der Waals surface area contributed by atoms with E-state index < -0.39 is 0 Å². The van der Waals surface area contributed by atoms with Crippen molar-refractivity contribution in [3.8, 4) is 0 Å². The zero-order chi connectivity index (χ0) is 12.3. The van der Waals surface area contributed by atoms with Gasteiger partial charge in [-0.25, -0.2) is 0 Å². The van der Waals surface area contributed by atoms with Crippen LogP contribution in [0.1, 0.15) is 38.4 Å². The summed E-state index contributed by atoms with van der Waals surface area (Å²) in [6.45, 7) is 6.68. The van der Waals surface area contributed by atoms with Gasteiger partial charge in [0.25, 0.3) is 0 Å². The van der Waals surface area contributed by atoms with Crippen LogP contribution in [0.4, 0.5) is 0 Å². The molecule has 1 aliphatic heterocycles. The zero-order valence-corrected chi connectivity index (χ0v) is 11.3. The number of amidine groups is 1. The van der Waals surface area contributed by atoms with Crippen molar-refractivity contribution in [2.24, 2.45) is 4.99 Å². The lowest BCUT2D eigenvalue weighted by Crippen LogP contribution is -2.42. The second-order valence-electron chi connectivity index (χ2n) is 4.26. The molecule has 0 aromatic carbocycles. The smallest absolute Gasteiger partial charge is 0.248 e. The second-order valence-corrected chi connectivity index (χ2v) is 5.22. The Morgan fingerprint density at radius 3 is 2.76 bits per heavy atom. The maximum atomic E-state index is 5.02. The fraction of sp³-hybridized carbons (Fsp3) is 0.727. The number of hydrogen-bond donors (Lipinski definition) is 1. The first-order chi connectivity index (χ1) is 8.17. The molecule has 2 heterocycles. The van der Waals surface area contributed by atoms with Crippen LogP contribution in [0.3, 0.4) is 0 Å². The van der Waals surface area contributed by atoms with E-state index >= 15 is 0 Å². The van der Waals surface area contributed by atoms with Gasteiger partial charge in [-0.05, 0) is 19.8 Å². The highest BCUT2D eigenvalue weighted by Gasteiger charge is 2.33. The molecule has 17 heavy (non-hydrogen) atoms. The van der Waals surface area contributed by atoms with Gasteiger partial charge in [0.15, 0.2) is 11.0 Å². The molecule has 6 heteroatoms. The van der Waals surface area contributed by atoms with Crippen LogP contribution in [-0.2, 0) is 6.54 Å². The number of hydrogen-bond acceptors (Lipinski definition) is 5. The molecule has 1 aromatic heterocycles. The lowest BCUT2D eigenvalue weighted by molar-refractivity contribution is 0.376. The summed E-state index contributed by atoms with van der Waals surface area (Å²) < 4.78 is 5.02. The highest BCUT2D eigenvalue weighted by Crippen LogP contribution is 2.28. The molecule has 0 saturated carbocycles.